The number of nitrogens with one attached hydrogen (secondary N) is 2. The number of carboxylic acids is 1. The number of benzene rings is 2. The number of amides is 3. The minimum atomic E-state index is -1.23. The highest BCUT2D eigenvalue weighted by Crippen LogP contribution is 2.44. The molecule has 2 aromatic rings. The van der Waals surface area contributed by atoms with E-state index in [9.17, 15) is 19.2 Å². The number of carbonyl (C=O) groups excluding carboxylic acids is 3. The topological polar surface area (TPSA) is 125 Å². The van der Waals surface area contributed by atoms with Gasteiger partial charge in [-0.1, -0.05) is 55.5 Å². The SMILES string of the molecule is CC(CCC(=O)N1NC(=O)CC1C(=O)O)CNC(=O)OCC1c2ccccc2-c2ccccc21. The smallest absolute Gasteiger partial charge is 0.407 e. The molecule has 1 heterocycles. The molecule has 0 radical (unpaired) electrons. The summed E-state index contributed by atoms with van der Waals surface area (Å²) in [6, 6.07) is 15.0. The summed E-state index contributed by atoms with van der Waals surface area (Å²) in [7, 11) is 0. The van der Waals surface area contributed by atoms with Crippen molar-refractivity contribution < 1.29 is 29.0 Å². The summed E-state index contributed by atoms with van der Waals surface area (Å²) < 4.78 is 5.51. The summed E-state index contributed by atoms with van der Waals surface area (Å²) in [5, 5.41) is 12.8. The molecule has 1 aliphatic carbocycles. The normalized spacial score (nSPS) is 17.5. The predicted molar refractivity (Wildman–Crippen MR) is 122 cm³/mol. The zero-order valence-corrected chi connectivity index (χ0v) is 18.8. The Bertz CT molecular complexity index is 1070. The van der Waals surface area contributed by atoms with Gasteiger partial charge in [0, 0.05) is 18.9 Å². The van der Waals surface area contributed by atoms with E-state index in [4.69, 9.17) is 9.84 Å². The Kier molecular flexibility index (Phi) is 6.81. The highest BCUT2D eigenvalue weighted by atomic mass is 16.5. The largest absolute Gasteiger partial charge is 0.480 e. The second-order valence-corrected chi connectivity index (χ2v) is 8.71. The van der Waals surface area contributed by atoms with Crippen molar-refractivity contribution >= 4 is 23.9 Å². The van der Waals surface area contributed by atoms with Crippen molar-refractivity contribution in [3.63, 3.8) is 0 Å². The Hall–Kier alpha value is -3.88. The zero-order valence-electron chi connectivity index (χ0n) is 18.8. The number of rotatable bonds is 8. The van der Waals surface area contributed by atoms with Gasteiger partial charge in [-0.2, -0.15) is 0 Å². The number of ether oxygens (including phenoxy) is 1. The van der Waals surface area contributed by atoms with Gasteiger partial charge in [-0.15, -0.1) is 0 Å². The van der Waals surface area contributed by atoms with Crippen LogP contribution in [-0.4, -0.2) is 53.2 Å². The lowest BCUT2D eigenvalue weighted by atomic mass is 9.98. The van der Waals surface area contributed by atoms with E-state index >= 15 is 0 Å². The molecule has 3 N–H and O–H groups in total. The second-order valence-electron chi connectivity index (χ2n) is 8.71. The van der Waals surface area contributed by atoms with E-state index in [0.717, 1.165) is 27.3 Å². The fraction of sp³-hybridized carbons (Fsp3) is 0.360. The number of aliphatic carboxylic acids is 1. The molecule has 2 aromatic carbocycles. The van der Waals surface area contributed by atoms with Crippen molar-refractivity contribution in [1.82, 2.24) is 15.8 Å². The fourth-order valence-electron chi connectivity index (χ4n) is 4.46. The van der Waals surface area contributed by atoms with Crippen molar-refractivity contribution in [2.75, 3.05) is 13.2 Å². The van der Waals surface area contributed by atoms with E-state index < -0.39 is 29.9 Å². The molecule has 2 aliphatic rings. The quantitative estimate of drug-likeness (QED) is 0.551. The first kappa shape index (κ1) is 23.3. The number of nitrogens with zero attached hydrogens (tertiary/aromatic N) is 1. The Labute approximate surface area is 197 Å². The maximum Gasteiger partial charge on any atom is 0.407 e. The number of alkyl carbamates (subject to hydrolysis) is 1. The minimum Gasteiger partial charge on any atom is -0.480 e. The molecule has 3 amide bonds. The number of hydrazine groups is 1. The van der Waals surface area contributed by atoms with Gasteiger partial charge in [-0.25, -0.2) is 14.6 Å². The number of carboxylic acid groups (broad SMARTS) is 1. The molecule has 1 fully saturated rings. The number of hydrogen-bond donors (Lipinski definition) is 3. The summed E-state index contributed by atoms with van der Waals surface area (Å²) in [4.78, 5) is 47.3. The average molecular weight is 466 g/mol. The number of carbonyl (C=O) groups is 4. The van der Waals surface area contributed by atoms with E-state index in [1.807, 2.05) is 31.2 Å². The van der Waals surface area contributed by atoms with E-state index in [2.05, 4.69) is 35.0 Å². The van der Waals surface area contributed by atoms with Crippen LogP contribution in [0.1, 0.15) is 43.2 Å². The van der Waals surface area contributed by atoms with Crippen LogP contribution in [0, 0.1) is 5.92 Å². The molecule has 0 aromatic heterocycles. The molecule has 178 valence electrons. The molecule has 1 saturated heterocycles. The summed E-state index contributed by atoms with van der Waals surface area (Å²) in [6.07, 6.45) is -0.309. The van der Waals surface area contributed by atoms with Gasteiger partial charge in [0.05, 0.1) is 6.42 Å². The number of fused-ring (bicyclic) bond motifs is 3. The van der Waals surface area contributed by atoms with Gasteiger partial charge in [0.25, 0.3) is 0 Å². The van der Waals surface area contributed by atoms with Gasteiger partial charge in [-0.05, 0) is 34.6 Å². The molecule has 9 nitrogen and oxygen atoms in total. The molecule has 0 bridgehead atoms. The summed E-state index contributed by atoms with van der Waals surface area (Å²) in [5.41, 5.74) is 6.88. The van der Waals surface area contributed by atoms with Crippen LogP contribution >= 0.6 is 0 Å². The highest BCUT2D eigenvalue weighted by molar-refractivity contribution is 5.93. The van der Waals surface area contributed by atoms with Crippen molar-refractivity contribution in [2.24, 2.45) is 5.92 Å². The first-order chi connectivity index (χ1) is 16.3. The van der Waals surface area contributed by atoms with Crippen molar-refractivity contribution in [3.8, 4) is 11.1 Å². The van der Waals surface area contributed by atoms with Gasteiger partial charge in [0.15, 0.2) is 6.04 Å². The molecule has 0 saturated carbocycles. The van der Waals surface area contributed by atoms with E-state index in [1.54, 1.807) is 0 Å². The van der Waals surface area contributed by atoms with Crippen LogP contribution in [-0.2, 0) is 19.1 Å². The van der Waals surface area contributed by atoms with E-state index in [1.165, 1.54) is 0 Å². The predicted octanol–water partition coefficient (Wildman–Crippen LogP) is 2.66. The van der Waals surface area contributed by atoms with Gasteiger partial charge < -0.3 is 15.2 Å². The second kappa shape index (κ2) is 9.94. The van der Waals surface area contributed by atoms with Crippen LogP contribution in [0.5, 0.6) is 0 Å². The fourth-order valence-corrected chi connectivity index (χ4v) is 4.46. The molecular formula is C25H27N3O6. The van der Waals surface area contributed by atoms with Gasteiger partial charge >= 0.3 is 12.1 Å². The Balaban J connectivity index is 1.23. The molecule has 4 rings (SSSR count). The first-order valence-electron chi connectivity index (χ1n) is 11.3. The number of hydrogen-bond acceptors (Lipinski definition) is 5. The Morgan fingerprint density at radius 2 is 1.74 bits per heavy atom. The molecule has 9 heteroatoms. The molecular weight excluding hydrogens is 438 g/mol. The minimum absolute atomic E-state index is 0.0222. The lowest BCUT2D eigenvalue weighted by Crippen LogP contribution is -2.46. The van der Waals surface area contributed by atoms with Crippen molar-refractivity contribution in [1.29, 1.82) is 0 Å². The van der Waals surface area contributed by atoms with Crippen LogP contribution in [0.4, 0.5) is 4.79 Å². The lowest BCUT2D eigenvalue weighted by Gasteiger charge is -2.21. The third-order valence-electron chi connectivity index (χ3n) is 6.28. The monoisotopic (exact) mass is 465 g/mol. The molecule has 2 unspecified atom stereocenters. The summed E-state index contributed by atoms with van der Waals surface area (Å²) >= 11 is 0. The zero-order chi connectivity index (χ0) is 24.2. The maximum atomic E-state index is 12.3. The third kappa shape index (κ3) is 4.88. The third-order valence-corrected chi connectivity index (χ3v) is 6.28. The standard InChI is InChI=1S/C25H27N3O6/c1-15(10-11-23(30)28-21(24(31)32)12-22(29)27-28)13-26-25(33)34-14-20-18-8-4-2-6-16(18)17-7-3-5-9-19(17)20/h2-9,15,20-21H,10-14H2,1H3,(H,26,33)(H,27,29)(H,31,32). The lowest BCUT2D eigenvalue weighted by molar-refractivity contribution is -0.150. The van der Waals surface area contributed by atoms with Crippen LogP contribution in [0.25, 0.3) is 11.1 Å². The highest BCUT2D eigenvalue weighted by Gasteiger charge is 2.38. The van der Waals surface area contributed by atoms with Crippen molar-refractivity contribution in [3.05, 3.63) is 59.7 Å². The van der Waals surface area contributed by atoms with E-state index in [-0.39, 0.29) is 31.3 Å². The molecule has 0 spiro atoms. The Morgan fingerprint density at radius 1 is 1.12 bits per heavy atom. The van der Waals surface area contributed by atoms with Gasteiger partial charge in [-0.3, -0.25) is 15.0 Å². The van der Waals surface area contributed by atoms with Gasteiger partial charge in [0.1, 0.15) is 6.61 Å². The first-order valence-corrected chi connectivity index (χ1v) is 11.3. The summed E-state index contributed by atoms with van der Waals surface area (Å²) in [5.74, 6) is -2.26. The maximum absolute atomic E-state index is 12.3. The Morgan fingerprint density at radius 3 is 2.35 bits per heavy atom. The van der Waals surface area contributed by atoms with Crippen molar-refractivity contribution in [2.45, 2.75) is 38.1 Å². The molecule has 1 aliphatic heterocycles. The van der Waals surface area contributed by atoms with Gasteiger partial charge in [0.2, 0.25) is 11.8 Å². The summed E-state index contributed by atoms with van der Waals surface area (Å²) in [6.45, 7) is 2.39. The molecule has 34 heavy (non-hydrogen) atoms. The molecule has 2 atom stereocenters. The van der Waals surface area contributed by atoms with E-state index in [0.29, 0.717) is 13.0 Å². The average Bonchev–Trinajstić information content (AvgIpc) is 3.38. The van der Waals surface area contributed by atoms with Crippen LogP contribution in [0.2, 0.25) is 0 Å². The van der Waals surface area contributed by atoms with Crippen LogP contribution in [0.3, 0.4) is 0 Å². The van der Waals surface area contributed by atoms with Crippen LogP contribution < -0.4 is 10.7 Å². The van der Waals surface area contributed by atoms with Crippen LogP contribution in [0.15, 0.2) is 48.5 Å².